The van der Waals surface area contributed by atoms with Gasteiger partial charge in [-0.3, -0.25) is 0 Å². The van der Waals surface area contributed by atoms with Crippen molar-refractivity contribution >= 4 is 29.2 Å². The Morgan fingerprint density at radius 3 is 2.57 bits per heavy atom. The van der Waals surface area contributed by atoms with E-state index in [0.29, 0.717) is 0 Å². The Bertz CT molecular complexity index is 600. The molecule has 0 atom stereocenters. The maximum Gasteiger partial charge on any atom is 0.189 e. The van der Waals surface area contributed by atoms with Gasteiger partial charge in [0.05, 0.1) is 0 Å². The maximum absolute atomic E-state index is 6.18. The molecule has 0 N–H and O–H groups in total. The number of nitrogens with zero attached hydrogens (tertiary/aromatic N) is 3. The van der Waals surface area contributed by atoms with E-state index in [2.05, 4.69) is 30.7 Å². The number of benzene rings is 1. The van der Waals surface area contributed by atoms with Crippen LogP contribution in [0.3, 0.4) is 0 Å². The van der Waals surface area contributed by atoms with Gasteiger partial charge in [-0.05, 0) is 32.4 Å². The Labute approximate surface area is 135 Å². The van der Waals surface area contributed by atoms with Gasteiger partial charge < -0.3 is 4.90 Å². The average Bonchev–Trinajstić information content (AvgIpc) is 2.50. The Balaban J connectivity index is 2.14. The van der Waals surface area contributed by atoms with E-state index in [1.807, 2.05) is 30.5 Å². The molecule has 1 aromatic carbocycles. The Hall–Kier alpha value is -1.26. The molecule has 0 aliphatic heterocycles. The lowest BCUT2D eigenvalue weighted by Gasteiger charge is -2.21. The van der Waals surface area contributed by atoms with Crippen molar-refractivity contribution in [2.75, 3.05) is 18.0 Å². The number of halogens is 1. The molecule has 0 aliphatic rings. The molecule has 0 fully saturated rings. The standard InChI is InChI=1S/C16H20ClN3S/c1-4-20(5-2)15-12(3)10-18-16(19-15)21-11-13-8-6-7-9-14(13)17/h6-10H,4-5,11H2,1-3H3. The van der Waals surface area contributed by atoms with E-state index in [4.69, 9.17) is 16.6 Å². The summed E-state index contributed by atoms with van der Waals surface area (Å²) in [4.78, 5) is 11.4. The van der Waals surface area contributed by atoms with Crippen LogP contribution in [0.5, 0.6) is 0 Å². The number of hydrogen-bond acceptors (Lipinski definition) is 4. The van der Waals surface area contributed by atoms with Gasteiger partial charge in [0, 0.05) is 35.6 Å². The highest BCUT2D eigenvalue weighted by molar-refractivity contribution is 7.98. The van der Waals surface area contributed by atoms with Gasteiger partial charge >= 0.3 is 0 Å². The summed E-state index contributed by atoms with van der Waals surface area (Å²) in [6, 6.07) is 7.89. The van der Waals surface area contributed by atoms with Crippen LogP contribution in [0, 0.1) is 6.92 Å². The van der Waals surface area contributed by atoms with Crippen molar-refractivity contribution in [1.82, 2.24) is 9.97 Å². The SMILES string of the molecule is CCN(CC)c1nc(SCc2ccccc2Cl)ncc1C. The van der Waals surface area contributed by atoms with Crippen molar-refractivity contribution in [3.8, 4) is 0 Å². The lowest BCUT2D eigenvalue weighted by atomic mass is 10.2. The van der Waals surface area contributed by atoms with Crippen LogP contribution in [0.1, 0.15) is 25.0 Å². The van der Waals surface area contributed by atoms with Crippen LogP contribution in [0.15, 0.2) is 35.6 Å². The van der Waals surface area contributed by atoms with Crippen LogP contribution in [0.25, 0.3) is 0 Å². The third-order valence-corrected chi connectivity index (χ3v) is 4.58. The molecular formula is C16H20ClN3S. The predicted octanol–water partition coefficient (Wildman–Crippen LogP) is 4.58. The van der Waals surface area contributed by atoms with Gasteiger partial charge in [0.1, 0.15) is 5.82 Å². The zero-order chi connectivity index (χ0) is 15.2. The molecule has 0 unspecified atom stereocenters. The van der Waals surface area contributed by atoms with Crippen molar-refractivity contribution in [2.24, 2.45) is 0 Å². The Kier molecular flexibility index (Phi) is 5.88. The quantitative estimate of drug-likeness (QED) is 0.575. The van der Waals surface area contributed by atoms with Crippen molar-refractivity contribution in [1.29, 1.82) is 0 Å². The van der Waals surface area contributed by atoms with Crippen LogP contribution in [0.4, 0.5) is 5.82 Å². The van der Waals surface area contributed by atoms with Crippen molar-refractivity contribution in [3.63, 3.8) is 0 Å². The molecule has 2 rings (SSSR count). The summed E-state index contributed by atoms with van der Waals surface area (Å²) in [7, 11) is 0. The third kappa shape index (κ3) is 4.11. The smallest absolute Gasteiger partial charge is 0.189 e. The molecule has 21 heavy (non-hydrogen) atoms. The van der Waals surface area contributed by atoms with E-state index >= 15 is 0 Å². The molecule has 0 saturated carbocycles. The summed E-state index contributed by atoms with van der Waals surface area (Å²) in [6.45, 7) is 8.23. The average molecular weight is 322 g/mol. The van der Waals surface area contributed by atoms with E-state index < -0.39 is 0 Å². The normalized spacial score (nSPS) is 10.7. The lowest BCUT2D eigenvalue weighted by Crippen LogP contribution is -2.24. The fraction of sp³-hybridized carbons (Fsp3) is 0.375. The van der Waals surface area contributed by atoms with Gasteiger partial charge in [-0.1, -0.05) is 41.6 Å². The molecule has 1 heterocycles. The highest BCUT2D eigenvalue weighted by atomic mass is 35.5. The lowest BCUT2D eigenvalue weighted by molar-refractivity contribution is 0.810. The second-order valence-corrected chi connectivity index (χ2v) is 6.06. The minimum Gasteiger partial charge on any atom is -0.357 e. The number of aryl methyl sites for hydroxylation is 1. The first-order chi connectivity index (χ1) is 10.2. The van der Waals surface area contributed by atoms with Crippen LogP contribution >= 0.6 is 23.4 Å². The molecule has 0 bridgehead atoms. The zero-order valence-corrected chi connectivity index (χ0v) is 14.2. The number of anilines is 1. The summed E-state index contributed by atoms with van der Waals surface area (Å²) in [5, 5.41) is 1.59. The van der Waals surface area contributed by atoms with E-state index in [0.717, 1.165) is 46.0 Å². The molecular weight excluding hydrogens is 302 g/mol. The molecule has 5 heteroatoms. The number of aromatic nitrogens is 2. The summed E-state index contributed by atoms with van der Waals surface area (Å²) in [5.74, 6) is 1.80. The van der Waals surface area contributed by atoms with Gasteiger partial charge in [-0.25, -0.2) is 9.97 Å². The maximum atomic E-state index is 6.18. The summed E-state index contributed by atoms with van der Waals surface area (Å²) >= 11 is 7.80. The molecule has 0 radical (unpaired) electrons. The molecule has 2 aromatic rings. The molecule has 0 spiro atoms. The van der Waals surface area contributed by atoms with E-state index in [1.165, 1.54) is 0 Å². The van der Waals surface area contributed by atoms with Crippen molar-refractivity contribution < 1.29 is 0 Å². The van der Waals surface area contributed by atoms with Crippen LogP contribution in [-0.2, 0) is 5.75 Å². The second kappa shape index (κ2) is 7.66. The summed E-state index contributed by atoms with van der Waals surface area (Å²) < 4.78 is 0. The minimum atomic E-state index is 0.778. The minimum absolute atomic E-state index is 0.778. The van der Waals surface area contributed by atoms with Crippen LogP contribution < -0.4 is 4.90 Å². The molecule has 0 amide bonds. The first kappa shape index (κ1) is 16.1. The first-order valence-electron chi connectivity index (χ1n) is 7.10. The van der Waals surface area contributed by atoms with Gasteiger partial charge in [-0.15, -0.1) is 0 Å². The number of rotatable bonds is 6. The second-order valence-electron chi connectivity index (χ2n) is 4.71. The van der Waals surface area contributed by atoms with E-state index in [-0.39, 0.29) is 0 Å². The topological polar surface area (TPSA) is 29.0 Å². The third-order valence-electron chi connectivity index (χ3n) is 3.30. The highest BCUT2D eigenvalue weighted by Gasteiger charge is 2.10. The largest absolute Gasteiger partial charge is 0.357 e. The summed E-state index contributed by atoms with van der Waals surface area (Å²) in [6.07, 6.45) is 1.90. The van der Waals surface area contributed by atoms with Gasteiger partial charge in [0.25, 0.3) is 0 Å². The van der Waals surface area contributed by atoms with E-state index in [1.54, 1.807) is 11.8 Å². The monoisotopic (exact) mass is 321 g/mol. The molecule has 112 valence electrons. The van der Waals surface area contributed by atoms with Gasteiger partial charge in [0.15, 0.2) is 5.16 Å². The summed E-state index contributed by atoms with van der Waals surface area (Å²) in [5.41, 5.74) is 2.22. The molecule has 1 aromatic heterocycles. The first-order valence-corrected chi connectivity index (χ1v) is 8.46. The van der Waals surface area contributed by atoms with E-state index in [9.17, 15) is 0 Å². The van der Waals surface area contributed by atoms with Crippen LogP contribution in [-0.4, -0.2) is 23.1 Å². The van der Waals surface area contributed by atoms with Crippen molar-refractivity contribution in [3.05, 3.63) is 46.6 Å². The van der Waals surface area contributed by atoms with Crippen molar-refractivity contribution in [2.45, 2.75) is 31.7 Å². The molecule has 0 saturated heterocycles. The van der Waals surface area contributed by atoms with Gasteiger partial charge in [0.2, 0.25) is 0 Å². The number of thioether (sulfide) groups is 1. The number of hydrogen-bond donors (Lipinski definition) is 0. The zero-order valence-electron chi connectivity index (χ0n) is 12.6. The van der Waals surface area contributed by atoms with Gasteiger partial charge in [-0.2, -0.15) is 0 Å². The molecule has 0 aliphatic carbocycles. The Morgan fingerprint density at radius 2 is 1.90 bits per heavy atom. The fourth-order valence-corrected chi connectivity index (χ4v) is 3.18. The fourth-order valence-electron chi connectivity index (χ4n) is 2.09. The highest BCUT2D eigenvalue weighted by Crippen LogP contribution is 2.26. The Morgan fingerprint density at radius 1 is 1.19 bits per heavy atom. The predicted molar refractivity (Wildman–Crippen MR) is 91.3 cm³/mol. The van der Waals surface area contributed by atoms with Crippen LogP contribution in [0.2, 0.25) is 5.02 Å². The molecule has 3 nitrogen and oxygen atoms in total.